The van der Waals surface area contributed by atoms with Crippen LogP contribution in [-0.4, -0.2) is 30.9 Å². The molecule has 0 aromatic heterocycles. The van der Waals surface area contributed by atoms with E-state index in [2.05, 4.69) is 0 Å². The highest BCUT2D eigenvalue weighted by Gasteiger charge is 2.31. The average Bonchev–Trinajstić information content (AvgIpc) is 2.38. The first-order valence-electron chi connectivity index (χ1n) is 5.90. The first-order valence-corrected chi connectivity index (χ1v) is 7.30. The lowest BCUT2D eigenvalue weighted by molar-refractivity contribution is 0.232. The Morgan fingerprint density at radius 2 is 1.94 bits per heavy atom. The number of hydrogen-bond donors (Lipinski definition) is 1. The molecule has 1 fully saturated rings. The molecule has 1 N–H and O–H groups in total. The number of piperidine rings is 1. The van der Waals surface area contributed by atoms with E-state index in [1.165, 1.54) is 0 Å². The van der Waals surface area contributed by atoms with E-state index in [0.717, 1.165) is 34.9 Å². The van der Waals surface area contributed by atoms with E-state index in [1.807, 2.05) is 12.1 Å². The summed E-state index contributed by atoms with van der Waals surface area (Å²) < 4.78 is 38.2. The monoisotopic (exact) mass is 271 g/mol. The van der Waals surface area contributed by atoms with Crippen molar-refractivity contribution >= 4 is 10.3 Å². The average molecular weight is 271 g/mol. The summed E-state index contributed by atoms with van der Waals surface area (Å²) in [4.78, 5) is 0. The summed E-state index contributed by atoms with van der Waals surface area (Å²) in [5, 5.41) is 0. The van der Waals surface area contributed by atoms with Crippen LogP contribution >= 0.6 is 0 Å². The highest BCUT2D eigenvalue weighted by molar-refractivity contribution is 7.83. The Bertz CT molecular complexity index is 497. The third-order valence-electron chi connectivity index (χ3n) is 3.25. The summed E-state index contributed by atoms with van der Waals surface area (Å²) in [7, 11) is -2.55. The minimum absolute atomic E-state index is 0.278. The van der Waals surface area contributed by atoms with Crippen molar-refractivity contribution in [2.75, 3.05) is 13.7 Å². The molecule has 5 nitrogen and oxygen atoms in total. The summed E-state index contributed by atoms with van der Waals surface area (Å²) in [6, 6.07) is 7.00. The number of nitrogens with zero attached hydrogens (tertiary/aromatic N) is 1. The van der Waals surface area contributed by atoms with Gasteiger partial charge in [0, 0.05) is 6.54 Å². The van der Waals surface area contributed by atoms with Gasteiger partial charge in [0.25, 0.3) is 0 Å². The van der Waals surface area contributed by atoms with Gasteiger partial charge in [0.05, 0.1) is 13.2 Å². The van der Waals surface area contributed by atoms with Crippen LogP contribution < -0.4 is 4.74 Å². The lowest BCUT2D eigenvalue weighted by Gasteiger charge is -2.32. The predicted molar refractivity (Wildman–Crippen MR) is 67.8 cm³/mol. The number of rotatable bonds is 3. The summed E-state index contributed by atoms with van der Waals surface area (Å²) in [6.45, 7) is 0.371. The highest BCUT2D eigenvalue weighted by atomic mass is 32.2. The van der Waals surface area contributed by atoms with E-state index >= 15 is 0 Å². The fraction of sp³-hybridized carbons (Fsp3) is 0.500. The van der Waals surface area contributed by atoms with Gasteiger partial charge in [-0.25, -0.2) is 0 Å². The molecule has 18 heavy (non-hydrogen) atoms. The summed E-state index contributed by atoms with van der Waals surface area (Å²) in [5.74, 6) is 0.730. The smallest absolute Gasteiger partial charge is 0.336 e. The molecule has 1 aliphatic heterocycles. The van der Waals surface area contributed by atoms with Crippen molar-refractivity contribution in [3.05, 3.63) is 29.8 Å². The Labute approximate surface area is 107 Å². The van der Waals surface area contributed by atoms with Gasteiger partial charge in [-0.1, -0.05) is 18.6 Å². The molecule has 1 heterocycles. The molecule has 1 saturated heterocycles. The van der Waals surface area contributed by atoms with Crippen LogP contribution in [0.2, 0.25) is 0 Å². The summed E-state index contributed by atoms with van der Waals surface area (Å²) in [6.07, 6.45) is 2.47. The van der Waals surface area contributed by atoms with Crippen molar-refractivity contribution in [2.24, 2.45) is 0 Å². The second-order valence-corrected chi connectivity index (χ2v) is 5.74. The summed E-state index contributed by atoms with van der Waals surface area (Å²) >= 11 is 0. The van der Waals surface area contributed by atoms with Crippen LogP contribution in [0.15, 0.2) is 24.3 Å². The van der Waals surface area contributed by atoms with Crippen molar-refractivity contribution in [2.45, 2.75) is 25.3 Å². The lowest BCUT2D eigenvalue weighted by Crippen LogP contribution is -2.37. The van der Waals surface area contributed by atoms with Crippen LogP contribution in [0.1, 0.15) is 30.9 Å². The third-order valence-corrected chi connectivity index (χ3v) is 4.28. The Kier molecular flexibility index (Phi) is 3.89. The van der Waals surface area contributed by atoms with Crippen LogP contribution in [0.5, 0.6) is 5.75 Å². The number of ether oxygens (including phenoxy) is 1. The van der Waals surface area contributed by atoms with E-state index < -0.39 is 10.3 Å². The molecule has 0 bridgehead atoms. The fourth-order valence-electron chi connectivity index (χ4n) is 2.34. The molecule has 6 heteroatoms. The van der Waals surface area contributed by atoms with Crippen LogP contribution in [0.25, 0.3) is 0 Å². The van der Waals surface area contributed by atoms with Gasteiger partial charge in [0.1, 0.15) is 5.75 Å². The Balaban J connectivity index is 2.28. The van der Waals surface area contributed by atoms with E-state index in [9.17, 15) is 13.0 Å². The number of hydrogen-bond acceptors (Lipinski definition) is 3. The van der Waals surface area contributed by atoms with E-state index in [-0.39, 0.29) is 6.04 Å². The van der Waals surface area contributed by atoms with Crippen LogP contribution in [0, 0.1) is 0 Å². The molecule has 100 valence electrons. The molecule has 0 spiro atoms. The molecule has 1 unspecified atom stereocenters. The van der Waals surface area contributed by atoms with Crippen LogP contribution in [0.4, 0.5) is 0 Å². The molecular weight excluding hydrogens is 254 g/mol. The maximum Gasteiger partial charge on any atom is 0.336 e. The molecule has 0 saturated carbocycles. The molecule has 0 radical (unpaired) electrons. The normalized spacial score (nSPS) is 21.8. The molecule has 0 amide bonds. The van der Waals surface area contributed by atoms with Crippen molar-refractivity contribution in [3.63, 3.8) is 0 Å². The van der Waals surface area contributed by atoms with Gasteiger partial charge < -0.3 is 4.74 Å². The predicted octanol–water partition coefficient (Wildman–Crippen LogP) is 2.03. The second-order valence-electron chi connectivity index (χ2n) is 4.37. The van der Waals surface area contributed by atoms with Gasteiger partial charge in [0.2, 0.25) is 0 Å². The van der Waals surface area contributed by atoms with Crippen molar-refractivity contribution in [3.8, 4) is 5.75 Å². The first-order chi connectivity index (χ1) is 8.52. The van der Waals surface area contributed by atoms with E-state index in [4.69, 9.17) is 4.74 Å². The largest absolute Gasteiger partial charge is 0.497 e. The molecule has 1 aliphatic rings. The maximum absolute atomic E-state index is 11.3. The van der Waals surface area contributed by atoms with Crippen molar-refractivity contribution in [1.29, 1.82) is 0 Å². The molecular formula is C12H17NO4S. The molecule has 0 aliphatic carbocycles. The fourth-order valence-corrected chi connectivity index (χ4v) is 3.25. The lowest BCUT2D eigenvalue weighted by atomic mass is 9.97. The summed E-state index contributed by atoms with van der Waals surface area (Å²) in [5.41, 5.74) is 0.883. The van der Waals surface area contributed by atoms with Gasteiger partial charge in [-0.05, 0) is 30.5 Å². The van der Waals surface area contributed by atoms with Gasteiger partial charge in [-0.15, -0.1) is 0 Å². The van der Waals surface area contributed by atoms with E-state index in [0.29, 0.717) is 6.54 Å². The standard InChI is InChI=1S/C12H17NO4S/c1-17-11-7-5-10(6-8-11)12-4-2-3-9-13(12)18(14,15)16/h5-8,12H,2-4,9H2,1H3,(H,14,15,16). The van der Waals surface area contributed by atoms with Crippen LogP contribution in [0.3, 0.4) is 0 Å². The zero-order valence-corrected chi connectivity index (χ0v) is 11.1. The van der Waals surface area contributed by atoms with Crippen molar-refractivity contribution in [1.82, 2.24) is 4.31 Å². The van der Waals surface area contributed by atoms with Crippen molar-refractivity contribution < 1.29 is 17.7 Å². The molecule has 1 atom stereocenters. The van der Waals surface area contributed by atoms with Crippen LogP contribution in [-0.2, 0) is 10.3 Å². The van der Waals surface area contributed by atoms with Gasteiger partial charge in [-0.2, -0.15) is 12.7 Å². The minimum Gasteiger partial charge on any atom is -0.497 e. The second kappa shape index (κ2) is 5.26. The third kappa shape index (κ3) is 2.82. The van der Waals surface area contributed by atoms with Gasteiger partial charge in [0.15, 0.2) is 0 Å². The topological polar surface area (TPSA) is 66.8 Å². The molecule has 1 aromatic rings. The van der Waals surface area contributed by atoms with Gasteiger partial charge >= 0.3 is 10.3 Å². The Hall–Kier alpha value is -1.11. The molecule has 1 aromatic carbocycles. The first kappa shape index (κ1) is 13.3. The Morgan fingerprint density at radius 1 is 1.28 bits per heavy atom. The number of methoxy groups -OCH3 is 1. The minimum atomic E-state index is -4.14. The van der Waals surface area contributed by atoms with Gasteiger partial charge in [-0.3, -0.25) is 4.55 Å². The molecule has 2 rings (SSSR count). The maximum atomic E-state index is 11.3. The highest BCUT2D eigenvalue weighted by Crippen LogP contribution is 2.33. The zero-order valence-electron chi connectivity index (χ0n) is 10.2. The SMILES string of the molecule is COc1ccc(C2CCCCN2S(=O)(=O)O)cc1. The quantitative estimate of drug-likeness (QED) is 0.854. The van der Waals surface area contributed by atoms with E-state index in [1.54, 1.807) is 19.2 Å². The Morgan fingerprint density at radius 3 is 2.50 bits per heavy atom. The number of benzene rings is 1. The zero-order chi connectivity index (χ0) is 13.2.